The van der Waals surface area contributed by atoms with Crippen LogP contribution in [0.4, 0.5) is 13.2 Å². The van der Waals surface area contributed by atoms with Crippen LogP contribution in [0, 0.1) is 0 Å². The molecular formula is C24H23F3N4O6. The molecule has 3 N–H and O–H groups in total. The minimum absolute atomic E-state index is 0.0491. The van der Waals surface area contributed by atoms with Crippen molar-refractivity contribution in [2.75, 3.05) is 6.61 Å². The van der Waals surface area contributed by atoms with Crippen LogP contribution in [0.5, 0.6) is 11.5 Å². The van der Waals surface area contributed by atoms with E-state index < -0.39 is 42.2 Å². The van der Waals surface area contributed by atoms with Crippen LogP contribution in [-0.2, 0) is 13.6 Å². The molecule has 0 bridgehead atoms. The fraction of sp³-hybridized carbons (Fsp3) is 0.292. The van der Waals surface area contributed by atoms with Crippen molar-refractivity contribution in [1.29, 1.82) is 0 Å². The number of halogens is 3. The van der Waals surface area contributed by atoms with Crippen molar-refractivity contribution in [1.82, 2.24) is 19.1 Å². The van der Waals surface area contributed by atoms with Gasteiger partial charge in [0.05, 0.1) is 19.3 Å². The number of aromatic amines is 1. The highest BCUT2D eigenvalue weighted by Gasteiger charge is 2.33. The van der Waals surface area contributed by atoms with Crippen LogP contribution in [0.25, 0.3) is 22.6 Å². The SMILES string of the molecule is CC(Oc1ccc(-c2nc3c(c(=O)[nH]c(=O)n3CC(O)CO)n2C)cc1OC(F)(F)F)c1ccccc1. The Morgan fingerprint density at radius 3 is 2.46 bits per heavy atom. The van der Waals surface area contributed by atoms with E-state index in [1.165, 1.54) is 23.7 Å². The molecule has 0 radical (unpaired) electrons. The fourth-order valence-corrected chi connectivity index (χ4v) is 3.87. The molecule has 0 aliphatic rings. The Balaban J connectivity index is 1.82. The summed E-state index contributed by atoms with van der Waals surface area (Å²) in [5.74, 6) is -0.744. The van der Waals surface area contributed by atoms with E-state index in [0.29, 0.717) is 0 Å². The number of nitrogens with one attached hydrogen (secondary N) is 1. The predicted octanol–water partition coefficient (Wildman–Crippen LogP) is 2.48. The number of hydrogen-bond acceptors (Lipinski definition) is 7. The Hall–Kier alpha value is -4.10. The number of hydrogen-bond donors (Lipinski definition) is 3. The topological polar surface area (TPSA) is 132 Å². The fourth-order valence-electron chi connectivity index (χ4n) is 3.87. The van der Waals surface area contributed by atoms with Gasteiger partial charge in [0, 0.05) is 12.6 Å². The highest BCUT2D eigenvalue weighted by molar-refractivity contribution is 5.77. The molecule has 0 aliphatic heterocycles. The number of fused-ring (bicyclic) bond motifs is 1. The van der Waals surface area contributed by atoms with Crippen LogP contribution in [0.15, 0.2) is 58.1 Å². The number of benzene rings is 2. The lowest BCUT2D eigenvalue weighted by Crippen LogP contribution is -2.35. The maximum Gasteiger partial charge on any atom is 0.573 e. The Bertz CT molecular complexity index is 1530. The second-order valence-electron chi connectivity index (χ2n) is 8.25. The average Bonchev–Trinajstić information content (AvgIpc) is 3.19. The molecule has 2 unspecified atom stereocenters. The van der Waals surface area contributed by atoms with Crippen LogP contribution in [-0.4, -0.2) is 48.4 Å². The molecule has 4 rings (SSSR count). The van der Waals surface area contributed by atoms with Gasteiger partial charge in [-0.2, -0.15) is 0 Å². The van der Waals surface area contributed by atoms with E-state index in [4.69, 9.17) is 9.84 Å². The lowest BCUT2D eigenvalue weighted by molar-refractivity contribution is -0.275. The maximum atomic E-state index is 13.2. The van der Waals surface area contributed by atoms with E-state index >= 15 is 0 Å². The largest absolute Gasteiger partial charge is 0.573 e. The normalized spacial score (nSPS) is 13.5. The molecule has 4 aromatic rings. The van der Waals surface area contributed by atoms with Gasteiger partial charge in [0.1, 0.15) is 11.9 Å². The molecule has 37 heavy (non-hydrogen) atoms. The second-order valence-corrected chi connectivity index (χ2v) is 8.25. The van der Waals surface area contributed by atoms with Crippen LogP contribution >= 0.6 is 0 Å². The average molecular weight is 520 g/mol. The Morgan fingerprint density at radius 2 is 1.81 bits per heavy atom. The molecule has 2 atom stereocenters. The van der Waals surface area contributed by atoms with E-state index in [0.717, 1.165) is 16.2 Å². The summed E-state index contributed by atoms with van der Waals surface area (Å²) in [6, 6.07) is 12.7. The van der Waals surface area contributed by atoms with Crippen LogP contribution in [0.1, 0.15) is 18.6 Å². The van der Waals surface area contributed by atoms with Gasteiger partial charge in [-0.25, -0.2) is 9.78 Å². The van der Waals surface area contributed by atoms with Crippen molar-refractivity contribution in [3.8, 4) is 22.9 Å². The highest BCUT2D eigenvalue weighted by Crippen LogP contribution is 2.38. The van der Waals surface area contributed by atoms with Crippen molar-refractivity contribution in [3.05, 3.63) is 74.9 Å². The van der Waals surface area contributed by atoms with Crippen molar-refractivity contribution >= 4 is 11.2 Å². The van der Waals surface area contributed by atoms with Gasteiger partial charge in [-0.15, -0.1) is 13.2 Å². The number of H-pyrrole nitrogens is 1. The number of imidazole rings is 1. The van der Waals surface area contributed by atoms with Crippen molar-refractivity contribution in [2.45, 2.75) is 32.0 Å². The first kappa shape index (κ1) is 26.0. The summed E-state index contributed by atoms with van der Waals surface area (Å²) in [7, 11) is 1.45. The van der Waals surface area contributed by atoms with Crippen molar-refractivity contribution in [2.24, 2.45) is 7.05 Å². The van der Waals surface area contributed by atoms with Crippen molar-refractivity contribution < 1.29 is 32.9 Å². The molecule has 0 amide bonds. The Labute approximate surface area is 207 Å². The maximum absolute atomic E-state index is 13.2. The van der Waals surface area contributed by atoms with Crippen LogP contribution < -0.4 is 20.7 Å². The minimum atomic E-state index is -5.02. The van der Waals surface area contributed by atoms with Gasteiger partial charge < -0.3 is 24.3 Å². The van der Waals surface area contributed by atoms with Crippen molar-refractivity contribution in [3.63, 3.8) is 0 Å². The first-order valence-electron chi connectivity index (χ1n) is 11.1. The number of aliphatic hydroxyl groups is 2. The summed E-state index contributed by atoms with van der Waals surface area (Å²) in [6.07, 6.45) is -6.92. The molecule has 0 aliphatic carbocycles. The van der Waals surface area contributed by atoms with E-state index in [1.807, 2.05) is 0 Å². The summed E-state index contributed by atoms with van der Waals surface area (Å²) < 4.78 is 52.0. The first-order valence-corrected chi connectivity index (χ1v) is 11.1. The quantitative estimate of drug-likeness (QED) is 0.325. The molecule has 196 valence electrons. The van der Waals surface area contributed by atoms with Gasteiger partial charge in [0.25, 0.3) is 5.56 Å². The smallest absolute Gasteiger partial charge is 0.482 e. The monoisotopic (exact) mass is 520 g/mol. The summed E-state index contributed by atoms with van der Waals surface area (Å²) >= 11 is 0. The summed E-state index contributed by atoms with van der Waals surface area (Å²) in [5, 5.41) is 19.0. The number of rotatable bonds is 8. The van der Waals surface area contributed by atoms with E-state index in [-0.39, 0.29) is 34.8 Å². The second kappa shape index (κ2) is 10.1. The third-order valence-electron chi connectivity index (χ3n) is 5.62. The summed E-state index contributed by atoms with van der Waals surface area (Å²) in [4.78, 5) is 31.3. The third kappa shape index (κ3) is 5.52. The number of aromatic nitrogens is 4. The lowest BCUT2D eigenvalue weighted by Gasteiger charge is -2.19. The van der Waals surface area contributed by atoms with Gasteiger partial charge in [-0.05, 0) is 30.7 Å². The molecule has 13 heteroatoms. The zero-order chi connectivity index (χ0) is 26.9. The molecular weight excluding hydrogens is 497 g/mol. The zero-order valence-corrected chi connectivity index (χ0v) is 19.7. The molecule has 0 saturated heterocycles. The molecule has 10 nitrogen and oxygen atoms in total. The molecule has 2 aromatic heterocycles. The number of nitrogens with zero attached hydrogens (tertiary/aromatic N) is 3. The van der Waals surface area contributed by atoms with Crippen LogP contribution in [0.3, 0.4) is 0 Å². The molecule has 0 fully saturated rings. The number of alkyl halides is 3. The first-order chi connectivity index (χ1) is 17.5. The van der Waals surface area contributed by atoms with E-state index in [1.54, 1.807) is 37.3 Å². The summed E-state index contributed by atoms with van der Waals surface area (Å²) in [5.41, 5.74) is -0.944. The summed E-state index contributed by atoms with van der Waals surface area (Å²) in [6.45, 7) is 0.665. The molecule has 0 spiro atoms. The molecule has 2 heterocycles. The van der Waals surface area contributed by atoms with Gasteiger partial charge >= 0.3 is 12.1 Å². The predicted molar refractivity (Wildman–Crippen MR) is 126 cm³/mol. The lowest BCUT2D eigenvalue weighted by atomic mass is 10.1. The minimum Gasteiger partial charge on any atom is -0.482 e. The third-order valence-corrected chi connectivity index (χ3v) is 5.62. The van der Waals surface area contributed by atoms with Gasteiger partial charge in [-0.3, -0.25) is 14.3 Å². The Kier molecular flexibility index (Phi) is 7.09. The number of aryl methyl sites for hydroxylation is 1. The zero-order valence-electron chi connectivity index (χ0n) is 19.7. The number of aliphatic hydroxyl groups excluding tert-OH is 2. The molecule has 2 aromatic carbocycles. The Morgan fingerprint density at radius 1 is 1.11 bits per heavy atom. The van der Waals surface area contributed by atoms with E-state index in [9.17, 15) is 27.9 Å². The standard InChI is InChI=1S/C24H23F3N4O6/c1-13(14-6-4-3-5-7-14)36-17-9-8-15(10-18(17)37-24(25,26)27)20-28-21-19(30(20)2)22(34)29-23(35)31(21)11-16(33)12-32/h3-10,13,16,32-33H,11-12H2,1-2H3,(H,29,34,35). The van der Waals surface area contributed by atoms with Crippen LogP contribution in [0.2, 0.25) is 0 Å². The van der Waals surface area contributed by atoms with Gasteiger partial charge in [-0.1, -0.05) is 30.3 Å². The van der Waals surface area contributed by atoms with E-state index in [2.05, 4.69) is 14.7 Å². The highest BCUT2D eigenvalue weighted by atomic mass is 19.4. The molecule has 0 saturated carbocycles. The van der Waals surface area contributed by atoms with Gasteiger partial charge in [0.15, 0.2) is 22.7 Å². The van der Waals surface area contributed by atoms with Gasteiger partial charge in [0.2, 0.25) is 0 Å². The number of ether oxygens (including phenoxy) is 2.